The van der Waals surface area contributed by atoms with E-state index in [0.29, 0.717) is 0 Å². The Morgan fingerprint density at radius 2 is 0.915 bits per heavy atom. The minimum absolute atomic E-state index is 0.151. The zero-order valence-corrected chi connectivity index (χ0v) is 32.7. The second kappa shape index (κ2) is 13.2. The number of hydrogen-bond acceptors (Lipinski definition) is 1. The Hall–Kier alpha value is -7.22. The molecule has 0 saturated carbocycles. The van der Waals surface area contributed by atoms with E-state index in [0.717, 1.165) is 6.42 Å². The van der Waals surface area contributed by atoms with Crippen molar-refractivity contribution in [1.82, 2.24) is 0 Å². The van der Waals surface area contributed by atoms with Crippen LogP contribution < -0.4 is 15.3 Å². The first-order valence-electron chi connectivity index (χ1n) is 20.9. The molecule has 278 valence electrons. The molecule has 9 aromatic rings. The number of hydrogen-bond donors (Lipinski definition) is 0. The maximum absolute atomic E-state index is 2.55. The molecule has 0 fully saturated rings. The average Bonchev–Trinajstić information content (AvgIpc) is 3.62. The monoisotopic (exact) mass is 751 g/mol. The molecular formula is C58H41N. The highest BCUT2D eigenvalue weighted by atomic mass is 15.2. The van der Waals surface area contributed by atoms with Crippen LogP contribution in [0.4, 0.5) is 11.4 Å². The Kier molecular flexibility index (Phi) is 7.56. The Morgan fingerprint density at radius 1 is 0.373 bits per heavy atom. The number of anilines is 2. The van der Waals surface area contributed by atoms with Crippen LogP contribution >= 0.6 is 0 Å². The molecule has 59 heavy (non-hydrogen) atoms. The van der Waals surface area contributed by atoms with E-state index in [9.17, 15) is 0 Å². The maximum Gasteiger partial charge on any atom is 0.0720 e. The molecule has 3 unspecified atom stereocenters. The first kappa shape index (κ1) is 33.9. The number of rotatable bonds is 6. The van der Waals surface area contributed by atoms with E-state index in [4.69, 9.17) is 0 Å². The van der Waals surface area contributed by atoms with Crippen molar-refractivity contribution in [1.29, 1.82) is 0 Å². The summed E-state index contributed by atoms with van der Waals surface area (Å²) in [6, 6.07) is 82.1. The van der Waals surface area contributed by atoms with Gasteiger partial charge in [0.15, 0.2) is 0 Å². The Morgan fingerprint density at radius 3 is 1.68 bits per heavy atom. The minimum atomic E-state index is -0.584. The molecular weight excluding hydrogens is 711 g/mol. The van der Waals surface area contributed by atoms with Crippen molar-refractivity contribution in [2.45, 2.75) is 23.3 Å². The van der Waals surface area contributed by atoms with E-state index in [2.05, 4.69) is 235 Å². The van der Waals surface area contributed by atoms with E-state index in [1.165, 1.54) is 88.2 Å². The van der Waals surface area contributed by atoms with Crippen molar-refractivity contribution in [2.75, 3.05) is 4.90 Å². The largest absolute Gasteiger partial charge is 0.334 e. The zero-order valence-electron chi connectivity index (χ0n) is 32.7. The summed E-state index contributed by atoms with van der Waals surface area (Å²) in [4.78, 5) is 2.55. The molecule has 0 heterocycles. The molecule has 0 amide bonds. The third-order valence-corrected chi connectivity index (χ3v) is 13.5. The fourth-order valence-corrected chi connectivity index (χ4v) is 11.1. The molecule has 0 bridgehead atoms. The molecule has 0 N–H and O–H groups in total. The quantitative estimate of drug-likeness (QED) is 0.164. The molecule has 0 radical (unpaired) electrons. The van der Waals surface area contributed by atoms with E-state index in [1.54, 1.807) is 0 Å². The first-order chi connectivity index (χ1) is 29.3. The van der Waals surface area contributed by atoms with Gasteiger partial charge in [0.2, 0.25) is 0 Å². The predicted molar refractivity (Wildman–Crippen MR) is 245 cm³/mol. The maximum atomic E-state index is 2.55. The van der Waals surface area contributed by atoms with Crippen LogP contribution in [-0.2, 0) is 10.8 Å². The molecule has 9 aromatic carbocycles. The molecule has 0 saturated heterocycles. The van der Waals surface area contributed by atoms with Gasteiger partial charge in [0.05, 0.1) is 16.9 Å². The molecule has 0 spiro atoms. The van der Waals surface area contributed by atoms with Gasteiger partial charge in [0.25, 0.3) is 0 Å². The molecule has 3 aliphatic carbocycles. The fraction of sp³-hybridized carbons (Fsp3) is 0.0690. The van der Waals surface area contributed by atoms with Crippen LogP contribution in [0.3, 0.4) is 0 Å². The summed E-state index contributed by atoms with van der Waals surface area (Å²) in [6.45, 7) is 0. The van der Waals surface area contributed by atoms with Gasteiger partial charge in [-0.05, 0) is 108 Å². The average molecular weight is 752 g/mol. The Balaban J connectivity index is 1.12. The van der Waals surface area contributed by atoms with Gasteiger partial charge in [0.1, 0.15) is 0 Å². The SMILES string of the molecule is C1=c2ccccc2=CC(N(c2ccc(C3(c4ccccc4)c4ccccc4C4(c5ccccc5)c5ccccc5-c5cccc3c54)cc2)c2ccc3ccccc3c2)C1. The van der Waals surface area contributed by atoms with Crippen LogP contribution in [0.2, 0.25) is 0 Å². The van der Waals surface area contributed by atoms with Gasteiger partial charge in [-0.25, -0.2) is 0 Å². The number of benzene rings is 9. The van der Waals surface area contributed by atoms with Gasteiger partial charge in [-0.15, -0.1) is 0 Å². The molecule has 1 heteroatoms. The van der Waals surface area contributed by atoms with Crippen molar-refractivity contribution in [3.05, 3.63) is 273 Å². The lowest BCUT2D eigenvalue weighted by molar-refractivity contribution is 0.626. The second-order valence-corrected chi connectivity index (χ2v) is 16.3. The van der Waals surface area contributed by atoms with Gasteiger partial charge in [-0.2, -0.15) is 0 Å². The first-order valence-corrected chi connectivity index (χ1v) is 20.9. The van der Waals surface area contributed by atoms with Crippen molar-refractivity contribution in [3.63, 3.8) is 0 Å². The van der Waals surface area contributed by atoms with E-state index >= 15 is 0 Å². The van der Waals surface area contributed by atoms with Crippen molar-refractivity contribution in [2.24, 2.45) is 0 Å². The summed E-state index contributed by atoms with van der Waals surface area (Å²) >= 11 is 0. The van der Waals surface area contributed by atoms with E-state index in [-0.39, 0.29) is 6.04 Å². The van der Waals surface area contributed by atoms with Crippen LogP contribution in [0, 0.1) is 0 Å². The number of fused-ring (bicyclic) bond motifs is 7. The molecule has 0 aromatic heterocycles. The van der Waals surface area contributed by atoms with E-state index < -0.39 is 10.8 Å². The standard InChI is InChI=1S/C58H41N/c1-3-20-44(21-4-1)57(53-27-13-14-28-54(53)58(45-22-5-2-6-23-45)52-26-12-11-24-50(52)51-25-15-29-55(57)56(51)58)46-32-36-47(37-33-46)59(48-34-30-40-16-7-9-18-42(40)38-48)49-35-31-41-17-8-10-19-43(41)39-49/h1-34,36-39,49H,35H2. The Bertz CT molecular complexity index is 3200. The normalized spacial score (nSPS) is 19.4. The Labute approximate surface area is 345 Å². The third-order valence-electron chi connectivity index (χ3n) is 13.5. The zero-order chi connectivity index (χ0) is 39.0. The molecule has 3 aliphatic rings. The van der Waals surface area contributed by atoms with Gasteiger partial charge < -0.3 is 4.90 Å². The van der Waals surface area contributed by atoms with Crippen LogP contribution in [0.25, 0.3) is 34.1 Å². The highest BCUT2D eigenvalue weighted by molar-refractivity contribution is 5.92. The smallest absolute Gasteiger partial charge is 0.0720 e. The van der Waals surface area contributed by atoms with Crippen molar-refractivity contribution < 1.29 is 0 Å². The van der Waals surface area contributed by atoms with Gasteiger partial charge in [-0.1, -0.05) is 206 Å². The summed E-state index contributed by atoms with van der Waals surface area (Å²) in [7, 11) is 0. The summed E-state index contributed by atoms with van der Waals surface area (Å²) < 4.78 is 0. The van der Waals surface area contributed by atoms with E-state index in [1.807, 2.05) is 0 Å². The third kappa shape index (κ3) is 4.79. The summed E-state index contributed by atoms with van der Waals surface area (Å²) in [5.74, 6) is 0. The lowest BCUT2D eigenvalue weighted by Crippen LogP contribution is -2.44. The molecule has 1 nitrogen and oxygen atoms in total. The highest BCUT2D eigenvalue weighted by Crippen LogP contribution is 2.65. The topological polar surface area (TPSA) is 3.24 Å². The van der Waals surface area contributed by atoms with Gasteiger partial charge in [-0.3, -0.25) is 0 Å². The lowest BCUT2D eigenvalue weighted by Gasteiger charge is -2.49. The predicted octanol–water partition coefficient (Wildman–Crippen LogP) is 12.1. The summed E-state index contributed by atoms with van der Waals surface area (Å²) in [6.07, 6.45) is 5.78. The molecule has 0 aliphatic heterocycles. The van der Waals surface area contributed by atoms with Crippen LogP contribution in [-0.4, -0.2) is 6.04 Å². The van der Waals surface area contributed by atoms with Crippen LogP contribution in [0.1, 0.15) is 50.9 Å². The fourth-order valence-electron chi connectivity index (χ4n) is 11.1. The van der Waals surface area contributed by atoms with Crippen molar-refractivity contribution in [3.8, 4) is 11.1 Å². The summed E-state index contributed by atoms with van der Waals surface area (Å²) in [5, 5.41) is 5.09. The van der Waals surface area contributed by atoms with Crippen LogP contribution in [0.15, 0.2) is 218 Å². The minimum Gasteiger partial charge on any atom is -0.334 e. The van der Waals surface area contributed by atoms with Crippen LogP contribution in [0.5, 0.6) is 0 Å². The molecule has 3 atom stereocenters. The van der Waals surface area contributed by atoms with Gasteiger partial charge >= 0.3 is 0 Å². The lowest BCUT2D eigenvalue weighted by atomic mass is 9.52. The van der Waals surface area contributed by atoms with Crippen molar-refractivity contribution >= 4 is 34.3 Å². The van der Waals surface area contributed by atoms with Gasteiger partial charge in [0, 0.05) is 11.4 Å². The second-order valence-electron chi connectivity index (χ2n) is 16.3. The molecule has 12 rings (SSSR count). The summed E-state index contributed by atoms with van der Waals surface area (Å²) in [5.41, 5.74) is 14.5. The number of nitrogens with zero attached hydrogens (tertiary/aromatic N) is 1. The highest BCUT2D eigenvalue weighted by Gasteiger charge is 2.57.